The van der Waals surface area contributed by atoms with Crippen LogP contribution in [0.2, 0.25) is 0 Å². The van der Waals surface area contributed by atoms with Crippen molar-refractivity contribution in [3.8, 4) is 33.6 Å². The van der Waals surface area contributed by atoms with Crippen LogP contribution in [0.15, 0.2) is 116 Å². The third-order valence-corrected chi connectivity index (χ3v) is 4.73. The molecule has 0 unspecified atom stereocenters. The molecule has 3 aromatic carbocycles. The van der Waals surface area contributed by atoms with E-state index < -0.39 is 0 Å². The van der Waals surface area contributed by atoms with Gasteiger partial charge in [0.25, 0.3) is 0 Å². The monoisotopic (exact) mass is 602 g/mol. The molecule has 0 fully saturated rings. The number of pyridine rings is 2. The van der Waals surface area contributed by atoms with E-state index in [-0.39, 0.29) is 20.1 Å². The Kier molecular flexibility index (Phi) is 8.79. The summed E-state index contributed by atoms with van der Waals surface area (Å²) < 4.78 is 0. The van der Waals surface area contributed by atoms with E-state index in [1.54, 1.807) is 18.3 Å². The van der Waals surface area contributed by atoms with Gasteiger partial charge < -0.3 is 9.97 Å². The smallest absolute Gasteiger partial charge is 0.235 e. The van der Waals surface area contributed by atoms with Gasteiger partial charge in [0.1, 0.15) is 6.57 Å². The Morgan fingerprint density at radius 3 is 2.09 bits per heavy atom. The number of hydrogen-bond acceptors (Lipinski definition) is 2. The molecule has 0 saturated carbocycles. The molecule has 2 heterocycles. The number of aromatic nitrogens is 2. The molecule has 0 atom stereocenters. The normalized spacial score (nSPS) is 9.55. The third kappa shape index (κ3) is 6.30. The maximum absolute atomic E-state index is 7.19. The van der Waals surface area contributed by atoms with Gasteiger partial charge in [-0.15, -0.1) is 54.1 Å². The SMILES string of the molecule is [C-]#[N+]c1ccc[c-]c1-c1ccc(-c2ccccc2)cn1.[Ir].[c-]1ccccc1-c1ccccn1. The van der Waals surface area contributed by atoms with Gasteiger partial charge in [0.15, 0.2) is 0 Å². The average molecular weight is 602 g/mol. The molecular formula is C29H19IrN3-2. The van der Waals surface area contributed by atoms with Crippen LogP contribution in [0.25, 0.3) is 38.5 Å². The molecule has 0 amide bonds. The van der Waals surface area contributed by atoms with Crippen molar-refractivity contribution in [1.29, 1.82) is 0 Å². The molecule has 33 heavy (non-hydrogen) atoms. The molecule has 4 heteroatoms. The first kappa shape index (κ1) is 23.8. The van der Waals surface area contributed by atoms with E-state index in [0.717, 1.165) is 33.6 Å². The van der Waals surface area contributed by atoms with Crippen LogP contribution in [-0.4, -0.2) is 9.97 Å². The number of nitrogens with zero attached hydrogens (tertiary/aromatic N) is 3. The van der Waals surface area contributed by atoms with E-state index >= 15 is 0 Å². The van der Waals surface area contributed by atoms with E-state index in [1.165, 1.54) is 0 Å². The van der Waals surface area contributed by atoms with Crippen LogP contribution >= 0.6 is 0 Å². The van der Waals surface area contributed by atoms with Gasteiger partial charge in [-0.05, 0) is 34.1 Å². The fourth-order valence-corrected chi connectivity index (χ4v) is 3.14. The molecule has 5 rings (SSSR count). The largest absolute Gasteiger partial charge is 0.305 e. The van der Waals surface area contributed by atoms with Crippen LogP contribution in [0, 0.1) is 18.7 Å². The van der Waals surface area contributed by atoms with Crippen LogP contribution in [0.4, 0.5) is 5.69 Å². The molecule has 3 nitrogen and oxygen atoms in total. The molecule has 0 saturated heterocycles. The van der Waals surface area contributed by atoms with Crippen LogP contribution in [0.1, 0.15) is 0 Å². The van der Waals surface area contributed by atoms with Gasteiger partial charge in [-0.1, -0.05) is 60.7 Å². The van der Waals surface area contributed by atoms with Gasteiger partial charge in [-0.25, -0.2) is 0 Å². The van der Waals surface area contributed by atoms with E-state index in [4.69, 9.17) is 6.57 Å². The van der Waals surface area contributed by atoms with Crippen LogP contribution in [0.3, 0.4) is 0 Å². The van der Waals surface area contributed by atoms with Crippen molar-refractivity contribution in [1.82, 2.24) is 9.97 Å². The quantitative estimate of drug-likeness (QED) is 0.203. The summed E-state index contributed by atoms with van der Waals surface area (Å²) in [5.74, 6) is 0. The van der Waals surface area contributed by atoms with Crippen molar-refractivity contribution in [2.24, 2.45) is 0 Å². The summed E-state index contributed by atoms with van der Waals surface area (Å²) >= 11 is 0. The second-order valence-electron chi connectivity index (χ2n) is 6.83. The predicted molar refractivity (Wildman–Crippen MR) is 129 cm³/mol. The van der Waals surface area contributed by atoms with E-state index in [0.29, 0.717) is 5.69 Å². The van der Waals surface area contributed by atoms with Crippen LogP contribution in [-0.2, 0) is 20.1 Å². The van der Waals surface area contributed by atoms with E-state index in [9.17, 15) is 0 Å². The maximum atomic E-state index is 7.19. The second kappa shape index (κ2) is 12.2. The Bertz CT molecular complexity index is 1260. The Hall–Kier alpha value is -3.90. The molecule has 0 bridgehead atoms. The van der Waals surface area contributed by atoms with Crippen molar-refractivity contribution in [2.45, 2.75) is 0 Å². The summed E-state index contributed by atoms with van der Waals surface area (Å²) in [5.41, 5.74) is 6.31. The van der Waals surface area contributed by atoms with Crippen molar-refractivity contribution in [3.63, 3.8) is 0 Å². The Balaban J connectivity index is 0.000000202. The molecule has 0 aliphatic rings. The first-order chi connectivity index (χ1) is 15.8. The van der Waals surface area contributed by atoms with Crippen molar-refractivity contribution >= 4 is 5.69 Å². The molecule has 0 spiro atoms. The standard InChI is InChI=1S/C18H11N2.C11H8N.Ir/c1-19-17-10-6-5-9-16(17)18-12-11-15(13-20-18)14-7-3-2-4-8-14;1-2-6-10(7-3-1)11-8-4-5-9-12-11;/h2-8,10-13H;1-6,8-9H;/q2*-1;. The first-order valence-electron chi connectivity index (χ1n) is 10.1. The zero-order chi connectivity index (χ0) is 22.0. The summed E-state index contributed by atoms with van der Waals surface area (Å²) in [4.78, 5) is 12.2. The summed E-state index contributed by atoms with van der Waals surface area (Å²) in [6.07, 6.45) is 3.62. The van der Waals surface area contributed by atoms with E-state index in [1.807, 2.05) is 85.1 Å². The predicted octanol–water partition coefficient (Wildman–Crippen LogP) is 7.31. The number of rotatable bonds is 3. The van der Waals surface area contributed by atoms with Crippen molar-refractivity contribution in [2.75, 3.05) is 0 Å². The average Bonchev–Trinajstić information content (AvgIpc) is 2.91. The van der Waals surface area contributed by atoms with Gasteiger partial charge in [-0.2, -0.15) is 4.85 Å². The first-order valence-corrected chi connectivity index (χ1v) is 10.1. The number of benzene rings is 3. The maximum Gasteiger partial charge on any atom is 0.235 e. The zero-order valence-electron chi connectivity index (χ0n) is 17.6. The molecule has 0 N–H and O–H groups in total. The van der Waals surface area contributed by atoms with Gasteiger partial charge in [0, 0.05) is 32.5 Å². The number of hydrogen-bond donors (Lipinski definition) is 0. The second-order valence-corrected chi connectivity index (χ2v) is 6.83. The summed E-state index contributed by atoms with van der Waals surface area (Å²) in [7, 11) is 0. The minimum Gasteiger partial charge on any atom is -0.305 e. The van der Waals surface area contributed by atoms with Crippen LogP contribution < -0.4 is 0 Å². The van der Waals surface area contributed by atoms with Gasteiger partial charge >= 0.3 is 0 Å². The fourth-order valence-electron chi connectivity index (χ4n) is 3.14. The van der Waals surface area contributed by atoms with Gasteiger partial charge in [-0.3, -0.25) is 0 Å². The molecular weight excluding hydrogens is 583 g/mol. The Morgan fingerprint density at radius 2 is 1.42 bits per heavy atom. The summed E-state index contributed by atoms with van der Waals surface area (Å²) in [6, 6.07) is 39.4. The van der Waals surface area contributed by atoms with Crippen molar-refractivity contribution in [3.05, 3.63) is 139 Å². The molecule has 0 aliphatic heterocycles. The minimum atomic E-state index is 0. The van der Waals surface area contributed by atoms with Crippen molar-refractivity contribution < 1.29 is 20.1 Å². The molecule has 161 valence electrons. The zero-order valence-corrected chi connectivity index (χ0v) is 20.0. The fraction of sp³-hybridized carbons (Fsp3) is 0. The molecule has 5 aromatic rings. The topological polar surface area (TPSA) is 30.1 Å². The van der Waals surface area contributed by atoms with Gasteiger partial charge in [0.05, 0.1) is 0 Å². The van der Waals surface area contributed by atoms with E-state index in [2.05, 4.69) is 39.1 Å². The van der Waals surface area contributed by atoms with Gasteiger partial charge in [0.2, 0.25) is 5.69 Å². The Labute approximate surface area is 208 Å². The molecule has 1 radical (unpaired) electrons. The molecule has 0 aliphatic carbocycles. The summed E-state index contributed by atoms with van der Waals surface area (Å²) in [5, 5.41) is 0. The minimum absolute atomic E-state index is 0. The Morgan fingerprint density at radius 1 is 0.636 bits per heavy atom. The summed E-state index contributed by atoms with van der Waals surface area (Å²) in [6.45, 7) is 7.19. The third-order valence-electron chi connectivity index (χ3n) is 4.73. The van der Waals surface area contributed by atoms with Crippen LogP contribution in [0.5, 0.6) is 0 Å². The molecule has 2 aromatic heterocycles.